The third-order valence-corrected chi connectivity index (χ3v) is 2.39. The van der Waals surface area contributed by atoms with Gasteiger partial charge in [0.15, 0.2) is 0 Å². The summed E-state index contributed by atoms with van der Waals surface area (Å²) in [6, 6.07) is 0. The highest BCUT2D eigenvalue weighted by Gasteiger charge is 2.14. The van der Waals surface area contributed by atoms with E-state index in [2.05, 4.69) is 20.8 Å². The van der Waals surface area contributed by atoms with Gasteiger partial charge >= 0.3 is 0 Å². The van der Waals surface area contributed by atoms with Crippen molar-refractivity contribution >= 4 is 0 Å². The van der Waals surface area contributed by atoms with Crippen molar-refractivity contribution in [3.05, 3.63) is 0 Å². The summed E-state index contributed by atoms with van der Waals surface area (Å²) < 4.78 is 0. The standard InChI is InChI=1S/C10H21O/c1-4-6-10(7-5-2)9(3)8-11/h9-10H,4-8H2,1-3H3. The lowest BCUT2D eigenvalue weighted by atomic mass is 9.87. The van der Waals surface area contributed by atoms with Crippen molar-refractivity contribution in [1.82, 2.24) is 0 Å². The van der Waals surface area contributed by atoms with E-state index in [0.29, 0.717) is 11.8 Å². The molecule has 0 saturated carbocycles. The van der Waals surface area contributed by atoms with Gasteiger partial charge in [0.1, 0.15) is 0 Å². The van der Waals surface area contributed by atoms with Crippen LogP contribution in [-0.2, 0) is 5.11 Å². The van der Waals surface area contributed by atoms with Crippen LogP contribution < -0.4 is 0 Å². The zero-order valence-electron chi connectivity index (χ0n) is 8.10. The van der Waals surface area contributed by atoms with Crippen LogP contribution in [0.4, 0.5) is 0 Å². The van der Waals surface area contributed by atoms with Gasteiger partial charge in [-0.1, -0.05) is 46.5 Å². The molecule has 0 heterocycles. The van der Waals surface area contributed by atoms with E-state index in [1.54, 1.807) is 0 Å². The molecule has 11 heavy (non-hydrogen) atoms. The summed E-state index contributed by atoms with van der Waals surface area (Å²) in [4.78, 5) is 0. The molecular weight excluding hydrogens is 136 g/mol. The van der Waals surface area contributed by atoms with E-state index >= 15 is 0 Å². The van der Waals surface area contributed by atoms with Crippen LogP contribution in [0.2, 0.25) is 0 Å². The molecule has 1 radical (unpaired) electrons. The van der Waals surface area contributed by atoms with Crippen molar-refractivity contribution in [3.63, 3.8) is 0 Å². The molecule has 0 aromatic heterocycles. The predicted octanol–water partition coefficient (Wildman–Crippen LogP) is 3.27. The second kappa shape index (κ2) is 6.66. The normalized spacial score (nSPS) is 13.9. The van der Waals surface area contributed by atoms with Gasteiger partial charge in [0.2, 0.25) is 0 Å². The van der Waals surface area contributed by atoms with Crippen molar-refractivity contribution in [1.29, 1.82) is 0 Å². The SMILES string of the molecule is CCCC(CCC)C(C)C[O]. The fourth-order valence-electron chi connectivity index (χ4n) is 1.59. The van der Waals surface area contributed by atoms with Gasteiger partial charge in [-0.05, 0) is 11.8 Å². The van der Waals surface area contributed by atoms with Crippen LogP contribution in [0.1, 0.15) is 46.5 Å². The van der Waals surface area contributed by atoms with Crippen LogP contribution in [-0.4, -0.2) is 6.61 Å². The largest absolute Gasteiger partial charge is 0.236 e. The maximum atomic E-state index is 10.6. The Bertz CT molecular complexity index is 74.9. The summed E-state index contributed by atoms with van der Waals surface area (Å²) in [6.45, 7) is 6.58. The predicted molar refractivity (Wildman–Crippen MR) is 48.0 cm³/mol. The molecule has 1 heteroatoms. The lowest BCUT2D eigenvalue weighted by Crippen LogP contribution is -2.14. The van der Waals surface area contributed by atoms with E-state index in [1.807, 2.05) is 0 Å². The molecule has 67 valence electrons. The molecule has 0 saturated heterocycles. The highest BCUT2D eigenvalue weighted by molar-refractivity contribution is 4.64. The van der Waals surface area contributed by atoms with Crippen LogP contribution in [0.25, 0.3) is 0 Å². The van der Waals surface area contributed by atoms with Gasteiger partial charge in [-0.25, -0.2) is 5.11 Å². The third kappa shape index (κ3) is 4.41. The second-order valence-corrected chi connectivity index (χ2v) is 3.48. The van der Waals surface area contributed by atoms with Crippen LogP contribution in [0.3, 0.4) is 0 Å². The summed E-state index contributed by atoms with van der Waals surface area (Å²) in [6.07, 6.45) is 4.90. The summed E-state index contributed by atoms with van der Waals surface area (Å²) in [5, 5.41) is 10.6. The minimum absolute atomic E-state index is 0.102. The van der Waals surface area contributed by atoms with Gasteiger partial charge in [0.05, 0.1) is 6.61 Å². The van der Waals surface area contributed by atoms with Crippen LogP contribution in [0, 0.1) is 11.8 Å². The van der Waals surface area contributed by atoms with Crippen molar-refractivity contribution < 1.29 is 5.11 Å². The molecule has 0 aromatic carbocycles. The van der Waals surface area contributed by atoms with Gasteiger partial charge in [0, 0.05) is 0 Å². The quantitative estimate of drug-likeness (QED) is 0.564. The second-order valence-electron chi connectivity index (χ2n) is 3.48. The Kier molecular flexibility index (Phi) is 6.63. The Balaban J connectivity index is 3.66. The molecule has 1 unspecified atom stereocenters. The van der Waals surface area contributed by atoms with Gasteiger partial charge < -0.3 is 0 Å². The first-order valence-corrected chi connectivity index (χ1v) is 4.84. The lowest BCUT2D eigenvalue weighted by Gasteiger charge is -2.20. The van der Waals surface area contributed by atoms with Gasteiger partial charge in [-0.2, -0.15) is 0 Å². The molecule has 0 aliphatic rings. The molecule has 0 bridgehead atoms. The average molecular weight is 157 g/mol. The molecule has 0 aliphatic carbocycles. The van der Waals surface area contributed by atoms with Crippen molar-refractivity contribution in [2.75, 3.05) is 6.61 Å². The summed E-state index contributed by atoms with van der Waals surface area (Å²) >= 11 is 0. The van der Waals surface area contributed by atoms with Crippen LogP contribution in [0.15, 0.2) is 0 Å². The van der Waals surface area contributed by atoms with E-state index < -0.39 is 0 Å². The first-order valence-electron chi connectivity index (χ1n) is 4.84. The van der Waals surface area contributed by atoms with Crippen LogP contribution >= 0.6 is 0 Å². The molecule has 0 spiro atoms. The highest BCUT2D eigenvalue weighted by Crippen LogP contribution is 2.22. The van der Waals surface area contributed by atoms with E-state index in [-0.39, 0.29) is 6.61 Å². The molecule has 1 nitrogen and oxygen atoms in total. The van der Waals surface area contributed by atoms with Gasteiger partial charge in [-0.3, -0.25) is 0 Å². The Hall–Kier alpha value is -0.0400. The first-order chi connectivity index (χ1) is 5.26. The number of hydrogen-bond acceptors (Lipinski definition) is 0. The highest BCUT2D eigenvalue weighted by atomic mass is 16.3. The lowest BCUT2D eigenvalue weighted by molar-refractivity contribution is 0.112. The minimum Gasteiger partial charge on any atom is -0.236 e. The Labute approximate surface area is 70.8 Å². The summed E-state index contributed by atoms with van der Waals surface area (Å²) in [5.41, 5.74) is 0. The molecule has 1 atom stereocenters. The zero-order chi connectivity index (χ0) is 8.69. The monoisotopic (exact) mass is 157 g/mol. The molecule has 0 amide bonds. The summed E-state index contributed by atoms with van der Waals surface area (Å²) in [5.74, 6) is 1.07. The van der Waals surface area contributed by atoms with Gasteiger partial charge in [0.25, 0.3) is 0 Å². The van der Waals surface area contributed by atoms with Crippen molar-refractivity contribution in [2.24, 2.45) is 11.8 Å². The molecule has 0 N–H and O–H groups in total. The van der Waals surface area contributed by atoms with Crippen LogP contribution in [0.5, 0.6) is 0 Å². The fraction of sp³-hybridized carbons (Fsp3) is 1.00. The van der Waals surface area contributed by atoms with E-state index in [4.69, 9.17) is 0 Å². The Morgan fingerprint density at radius 2 is 1.55 bits per heavy atom. The maximum absolute atomic E-state index is 10.6. The van der Waals surface area contributed by atoms with Gasteiger partial charge in [-0.15, -0.1) is 0 Å². The molecule has 0 aliphatic heterocycles. The summed E-state index contributed by atoms with van der Waals surface area (Å²) in [7, 11) is 0. The number of rotatable bonds is 6. The smallest absolute Gasteiger partial charge is 0.0850 e. The molecule has 0 aromatic rings. The Morgan fingerprint density at radius 1 is 1.09 bits per heavy atom. The van der Waals surface area contributed by atoms with E-state index in [0.717, 1.165) is 0 Å². The first kappa shape index (κ1) is 11.0. The van der Waals surface area contributed by atoms with E-state index in [1.165, 1.54) is 25.7 Å². The number of hydrogen-bond donors (Lipinski definition) is 0. The fourth-order valence-corrected chi connectivity index (χ4v) is 1.59. The molecule has 0 rings (SSSR count). The minimum atomic E-state index is 0.102. The molecular formula is C10H21O. The maximum Gasteiger partial charge on any atom is 0.0850 e. The Morgan fingerprint density at radius 3 is 1.82 bits per heavy atom. The van der Waals surface area contributed by atoms with Crippen molar-refractivity contribution in [2.45, 2.75) is 46.5 Å². The molecule has 0 fully saturated rings. The van der Waals surface area contributed by atoms with E-state index in [9.17, 15) is 5.11 Å². The average Bonchev–Trinajstić information content (AvgIpc) is 2.03. The topological polar surface area (TPSA) is 19.9 Å². The van der Waals surface area contributed by atoms with Crippen molar-refractivity contribution in [3.8, 4) is 0 Å². The third-order valence-electron chi connectivity index (χ3n) is 2.39. The zero-order valence-corrected chi connectivity index (χ0v) is 8.10.